The van der Waals surface area contributed by atoms with Crippen molar-refractivity contribution in [3.05, 3.63) is 0 Å². The molecule has 1 N–H and O–H groups in total. The van der Waals surface area contributed by atoms with Gasteiger partial charge in [0.05, 0.1) is 19.1 Å². The lowest BCUT2D eigenvalue weighted by molar-refractivity contribution is -0.137. The summed E-state index contributed by atoms with van der Waals surface area (Å²) in [5.74, 6) is -0.274. The Morgan fingerprint density at radius 1 is 1.71 bits per heavy atom. The van der Waals surface area contributed by atoms with Gasteiger partial charge in [0.2, 0.25) is 0 Å². The molecule has 1 aliphatic rings. The first-order chi connectivity index (χ1) is 6.72. The van der Waals surface area contributed by atoms with Crippen molar-refractivity contribution in [3.63, 3.8) is 0 Å². The zero-order valence-corrected chi connectivity index (χ0v) is 8.25. The first-order valence-electron chi connectivity index (χ1n) is 4.81. The topological polar surface area (TPSA) is 64.6 Å². The predicted octanol–water partition coefficient (Wildman–Crippen LogP) is 0.828. The van der Waals surface area contributed by atoms with Gasteiger partial charge in [0.15, 0.2) is 0 Å². The van der Waals surface area contributed by atoms with Crippen LogP contribution in [0.2, 0.25) is 0 Å². The normalized spacial score (nSPS) is 20.4. The van der Waals surface area contributed by atoms with E-state index in [0.29, 0.717) is 6.61 Å². The maximum atomic E-state index is 11.1. The highest BCUT2D eigenvalue weighted by atomic mass is 16.6. The molecule has 1 saturated heterocycles. The lowest BCUT2D eigenvalue weighted by Gasteiger charge is -2.09. The number of hydrogen-bond donors (Lipinski definition) is 1. The number of esters is 1. The fourth-order valence-corrected chi connectivity index (χ4v) is 1.12. The van der Waals surface area contributed by atoms with E-state index in [4.69, 9.17) is 4.74 Å². The van der Waals surface area contributed by atoms with Gasteiger partial charge in [-0.2, -0.15) is 0 Å². The van der Waals surface area contributed by atoms with Crippen LogP contribution in [0.25, 0.3) is 0 Å². The number of unbranched alkanes of at least 4 members (excludes halogenated alkanes) is 1. The summed E-state index contributed by atoms with van der Waals surface area (Å²) in [6.45, 7) is 2.69. The predicted molar refractivity (Wildman–Crippen MR) is 48.8 cm³/mol. The van der Waals surface area contributed by atoms with E-state index in [1.54, 1.807) is 0 Å². The summed E-state index contributed by atoms with van der Waals surface area (Å²) in [5.41, 5.74) is 0. The second-order valence-corrected chi connectivity index (χ2v) is 3.22. The largest absolute Gasteiger partial charge is 0.463 e. The van der Waals surface area contributed by atoms with Crippen molar-refractivity contribution in [1.82, 2.24) is 5.32 Å². The Hall–Kier alpha value is -1.26. The first kappa shape index (κ1) is 10.8. The van der Waals surface area contributed by atoms with Crippen molar-refractivity contribution in [3.8, 4) is 0 Å². The van der Waals surface area contributed by atoms with Crippen molar-refractivity contribution in [2.75, 3.05) is 13.2 Å². The number of cyclic esters (lactones) is 1. The quantitative estimate of drug-likeness (QED) is 0.540. The van der Waals surface area contributed by atoms with Crippen LogP contribution in [0.5, 0.6) is 0 Å². The summed E-state index contributed by atoms with van der Waals surface area (Å²) in [7, 11) is 0. The van der Waals surface area contributed by atoms with Crippen LogP contribution in [-0.4, -0.2) is 31.3 Å². The van der Waals surface area contributed by atoms with Crippen molar-refractivity contribution < 1.29 is 19.1 Å². The van der Waals surface area contributed by atoms with E-state index < -0.39 is 6.09 Å². The molecule has 1 fully saturated rings. The van der Waals surface area contributed by atoms with Crippen LogP contribution in [0.3, 0.4) is 0 Å². The number of ether oxygens (including phenoxy) is 2. The smallest absolute Gasteiger partial charge is 0.407 e. The standard InChI is InChI=1S/C9H15NO4/c1-2-3-4-13-9(12)10-7-5-8(11)14-6-7/h7H,2-6H2,1H3,(H,10,12)/t7-/m1/s1. The fraction of sp³-hybridized carbons (Fsp3) is 0.778. The van der Waals surface area contributed by atoms with Crippen molar-refractivity contribution in [2.24, 2.45) is 0 Å². The molecule has 1 atom stereocenters. The zero-order valence-electron chi connectivity index (χ0n) is 8.25. The van der Waals surface area contributed by atoms with Gasteiger partial charge in [-0.25, -0.2) is 4.79 Å². The van der Waals surface area contributed by atoms with Crippen molar-refractivity contribution in [2.45, 2.75) is 32.2 Å². The highest BCUT2D eigenvalue weighted by Gasteiger charge is 2.25. The van der Waals surface area contributed by atoms with Gasteiger partial charge >= 0.3 is 12.1 Å². The van der Waals surface area contributed by atoms with Crippen molar-refractivity contribution >= 4 is 12.1 Å². The molecule has 1 amide bonds. The molecule has 1 heterocycles. The molecular formula is C9H15NO4. The van der Waals surface area contributed by atoms with Gasteiger partial charge in [0.1, 0.15) is 6.61 Å². The second kappa shape index (κ2) is 5.47. The maximum absolute atomic E-state index is 11.1. The average molecular weight is 201 g/mol. The van der Waals surface area contributed by atoms with E-state index in [1.165, 1.54) is 0 Å². The average Bonchev–Trinajstić information content (AvgIpc) is 2.52. The number of amides is 1. The van der Waals surface area contributed by atoms with Gasteiger partial charge in [0, 0.05) is 0 Å². The highest BCUT2D eigenvalue weighted by Crippen LogP contribution is 2.05. The molecule has 0 spiro atoms. The molecule has 5 heteroatoms. The zero-order chi connectivity index (χ0) is 10.4. The molecular weight excluding hydrogens is 186 g/mol. The van der Waals surface area contributed by atoms with Gasteiger partial charge in [-0.1, -0.05) is 13.3 Å². The van der Waals surface area contributed by atoms with Crippen LogP contribution >= 0.6 is 0 Å². The Labute approximate surface area is 82.8 Å². The van der Waals surface area contributed by atoms with E-state index in [1.807, 2.05) is 6.92 Å². The number of nitrogens with one attached hydrogen (secondary N) is 1. The van der Waals surface area contributed by atoms with Crippen LogP contribution in [-0.2, 0) is 14.3 Å². The third-order valence-corrected chi connectivity index (χ3v) is 1.91. The maximum Gasteiger partial charge on any atom is 0.407 e. The Morgan fingerprint density at radius 3 is 3.07 bits per heavy atom. The number of rotatable bonds is 4. The van der Waals surface area contributed by atoms with Crippen molar-refractivity contribution in [1.29, 1.82) is 0 Å². The number of carbonyl (C=O) groups excluding carboxylic acids is 2. The number of alkyl carbamates (subject to hydrolysis) is 1. The monoisotopic (exact) mass is 201 g/mol. The van der Waals surface area contributed by atoms with Gasteiger partial charge < -0.3 is 14.8 Å². The van der Waals surface area contributed by atoms with Crippen LogP contribution in [0, 0.1) is 0 Å². The molecule has 0 aromatic heterocycles. The molecule has 0 aliphatic carbocycles. The Kier molecular flexibility index (Phi) is 4.22. The Balaban J connectivity index is 2.11. The molecule has 0 radical (unpaired) electrons. The molecule has 5 nitrogen and oxygen atoms in total. The third-order valence-electron chi connectivity index (χ3n) is 1.91. The van der Waals surface area contributed by atoms with Crippen LogP contribution in [0.1, 0.15) is 26.2 Å². The Bertz CT molecular complexity index is 217. The second-order valence-electron chi connectivity index (χ2n) is 3.22. The van der Waals surface area contributed by atoms with Gasteiger partial charge in [0.25, 0.3) is 0 Å². The van der Waals surface area contributed by atoms with Crippen LogP contribution < -0.4 is 5.32 Å². The molecule has 0 aromatic carbocycles. The van der Waals surface area contributed by atoms with E-state index in [9.17, 15) is 9.59 Å². The minimum Gasteiger partial charge on any atom is -0.463 e. The fourth-order valence-electron chi connectivity index (χ4n) is 1.12. The minimum atomic E-state index is -0.471. The molecule has 0 bridgehead atoms. The van der Waals surface area contributed by atoms with E-state index in [-0.39, 0.29) is 25.0 Å². The molecule has 0 unspecified atom stereocenters. The molecule has 80 valence electrons. The van der Waals surface area contributed by atoms with Gasteiger partial charge in [-0.05, 0) is 6.42 Å². The summed E-state index contributed by atoms with van der Waals surface area (Å²) < 4.78 is 9.55. The van der Waals surface area contributed by atoms with Gasteiger partial charge in [-0.15, -0.1) is 0 Å². The number of carbonyl (C=O) groups is 2. The molecule has 1 rings (SSSR count). The minimum absolute atomic E-state index is 0.225. The van der Waals surface area contributed by atoms with E-state index in [0.717, 1.165) is 12.8 Å². The highest BCUT2D eigenvalue weighted by molar-refractivity contribution is 5.74. The SMILES string of the molecule is CCCCOC(=O)N[C@H]1COC(=O)C1. The first-order valence-corrected chi connectivity index (χ1v) is 4.81. The van der Waals surface area contributed by atoms with Gasteiger partial charge in [-0.3, -0.25) is 4.79 Å². The van der Waals surface area contributed by atoms with E-state index in [2.05, 4.69) is 10.1 Å². The van der Waals surface area contributed by atoms with Crippen LogP contribution in [0.15, 0.2) is 0 Å². The van der Waals surface area contributed by atoms with Crippen LogP contribution in [0.4, 0.5) is 4.79 Å². The summed E-state index contributed by atoms with van der Waals surface area (Å²) in [4.78, 5) is 21.8. The third kappa shape index (κ3) is 3.64. The summed E-state index contributed by atoms with van der Waals surface area (Å²) >= 11 is 0. The molecule has 0 aromatic rings. The molecule has 1 aliphatic heterocycles. The lowest BCUT2D eigenvalue weighted by atomic mass is 10.3. The Morgan fingerprint density at radius 2 is 2.50 bits per heavy atom. The lowest BCUT2D eigenvalue weighted by Crippen LogP contribution is -2.35. The molecule has 14 heavy (non-hydrogen) atoms. The molecule has 0 saturated carbocycles. The summed E-state index contributed by atoms with van der Waals surface area (Å²) in [5, 5.41) is 2.56. The number of hydrogen-bond acceptors (Lipinski definition) is 4. The summed E-state index contributed by atoms with van der Waals surface area (Å²) in [6, 6.07) is -0.225. The summed E-state index contributed by atoms with van der Waals surface area (Å²) in [6.07, 6.45) is 1.61. The van der Waals surface area contributed by atoms with E-state index >= 15 is 0 Å².